The monoisotopic (exact) mass is 258 g/mol. The molecule has 1 N–H and O–H groups in total. The van der Waals surface area contributed by atoms with Crippen molar-refractivity contribution in [3.8, 4) is 0 Å². The van der Waals surface area contributed by atoms with Crippen LogP contribution in [0.25, 0.3) is 0 Å². The Balaban J connectivity index is 2.69. The first-order valence-corrected chi connectivity index (χ1v) is 6.12. The Morgan fingerprint density at radius 1 is 1.47 bits per heavy atom. The second kappa shape index (κ2) is 7.29. The molecule has 0 atom stereocenters. The van der Waals surface area contributed by atoms with Gasteiger partial charge in [0, 0.05) is 26.7 Å². The van der Waals surface area contributed by atoms with E-state index in [1.807, 2.05) is 25.8 Å². The first kappa shape index (κ1) is 14.0. The van der Waals surface area contributed by atoms with Gasteiger partial charge in [-0.2, -0.15) is 4.98 Å². The average molecular weight is 259 g/mol. The van der Waals surface area contributed by atoms with Crippen molar-refractivity contribution in [2.75, 3.05) is 43.6 Å². The largest absolute Gasteiger partial charge is 0.380 e. The first-order valence-electron chi connectivity index (χ1n) is 5.74. The van der Waals surface area contributed by atoms with Gasteiger partial charge in [-0.25, -0.2) is 4.98 Å². The van der Waals surface area contributed by atoms with Crippen molar-refractivity contribution in [3.63, 3.8) is 0 Å². The highest BCUT2D eigenvalue weighted by molar-refractivity contribution is 6.32. The average Bonchev–Trinajstić information content (AvgIpc) is 2.32. The topological polar surface area (TPSA) is 50.3 Å². The third-order valence-electron chi connectivity index (χ3n) is 2.20. The summed E-state index contributed by atoms with van der Waals surface area (Å²) in [5.74, 6) is 1.31. The van der Waals surface area contributed by atoms with Crippen LogP contribution in [0.5, 0.6) is 0 Å². The molecule has 0 amide bonds. The van der Waals surface area contributed by atoms with Gasteiger partial charge in [0.25, 0.3) is 0 Å². The molecule has 0 spiro atoms. The van der Waals surface area contributed by atoms with Gasteiger partial charge in [0.05, 0.1) is 12.8 Å². The van der Waals surface area contributed by atoms with Crippen LogP contribution in [0.1, 0.15) is 13.8 Å². The van der Waals surface area contributed by atoms with E-state index < -0.39 is 0 Å². The molecule has 1 aromatic heterocycles. The molecule has 0 aromatic carbocycles. The fourth-order valence-electron chi connectivity index (χ4n) is 1.32. The Labute approximate surface area is 107 Å². The van der Waals surface area contributed by atoms with Crippen molar-refractivity contribution >= 4 is 23.4 Å². The SMILES string of the molecule is CCNc1ncc(Cl)c(N(C)CCOCC)n1. The van der Waals surface area contributed by atoms with Gasteiger partial charge in [-0.05, 0) is 13.8 Å². The van der Waals surface area contributed by atoms with Crippen molar-refractivity contribution in [1.29, 1.82) is 0 Å². The maximum atomic E-state index is 6.07. The highest BCUT2D eigenvalue weighted by Crippen LogP contribution is 2.22. The summed E-state index contributed by atoms with van der Waals surface area (Å²) < 4.78 is 5.30. The predicted molar refractivity (Wildman–Crippen MR) is 71.0 cm³/mol. The van der Waals surface area contributed by atoms with Crippen molar-refractivity contribution in [3.05, 3.63) is 11.2 Å². The standard InChI is InChI=1S/C11H19ClN4O/c1-4-13-11-14-8-9(12)10(15-11)16(3)6-7-17-5-2/h8H,4-7H2,1-3H3,(H,13,14,15). The molecule has 0 aliphatic heterocycles. The van der Waals surface area contributed by atoms with E-state index in [2.05, 4.69) is 15.3 Å². The summed E-state index contributed by atoms with van der Waals surface area (Å²) in [5, 5.41) is 3.61. The van der Waals surface area contributed by atoms with Crippen LogP contribution in [0.15, 0.2) is 6.20 Å². The second-order valence-corrected chi connectivity index (χ2v) is 3.92. The lowest BCUT2D eigenvalue weighted by Gasteiger charge is -2.19. The van der Waals surface area contributed by atoms with Crippen molar-refractivity contribution in [2.24, 2.45) is 0 Å². The fraction of sp³-hybridized carbons (Fsp3) is 0.636. The van der Waals surface area contributed by atoms with E-state index in [1.165, 1.54) is 0 Å². The van der Waals surface area contributed by atoms with Crippen LogP contribution in [0.4, 0.5) is 11.8 Å². The molecule has 96 valence electrons. The van der Waals surface area contributed by atoms with E-state index in [-0.39, 0.29) is 0 Å². The van der Waals surface area contributed by atoms with Gasteiger partial charge >= 0.3 is 0 Å². The molecule has 0 saturated heterocycles. The number of likely N-dealkylation sites (N-methyl/N-ethyl adjacent to an activating group) is 1. The maximum Gasteiger partial charge on any atom is 0.224 e. The summed E-state index contributed by atoms with van der Waals surface area (Å²) in [7, 11) is 1.93. The van der Waals surface area contributed by atoms with Gasteiger partial charge in [-0.3, -0.25) is 0 Å². The fourth-order valence-corrected chi connectivity index (χ4v) is 1.56. The van der Waals surface area contributed by atoms with Crippen LogP contribution in [0, 0.1) is 0 Å². The van der Waals surface area contributed by atoms with Crippen LogP contribution >= 0.6 is 11.6 Å². The third kappa shape index (κ3) is 4.36. The molecular formula is C11H19ClN4O. The van der Waals surface area contributed by atoms with Gasteiger partial charge in [0.1, 0.15) is 5.02 Å². The summed E-state index contributed by atoms with van der Waals surface area (Å²) in [6.07, 6.45) is 1.61. The number of nitrogens with one attached hydrogen (secondary N) is 1. The minimum Gasteiger partial charge on any atom is -0.380 e. The molecular weight excluding hydrogens is 240 g/mol. The first-order chi connectivity index (χ1) is 8.19. The van der Waals surface area contributed by atoms with Crippen molar-refractivity contribution < 1.29 is 4.74 Å². The highest BCUT2D eigenvalue weighted by atomic mass is 35.5. The van der Waals surface area contributed by atoms with E-state index in [4.69, 9.17) is 16.3 Å². The molecule has 1 aromatic rings. The summed E-state index contributed by atoms with van der Waals surface area (Å²) in [6, 6.07) is 0. The summed E-state index contributed by atoms with van der Waals surface area (Å²) in [5.41, 5.74) is 0. The zero-order valence-electron chi connectivity index (χ0n) is 10.5. The Bertz CT molecular complexity index is 348. The minimum atomic E-state index is 0.547. The van der Waals surface area contributed by atoms with Gasteiger partial charge in [0.15, 0.2) is 5.82 Å². The van der Waals surface area contributed by atoms with E-state index in [0.717, 1.165) is 18.9 Å². The highest BCUT2D eigenvalue weighted by Gasteiger charge is 2.09. The molecule has 0 unspecified atom stereocenters. The molecule has 0 bridgehead atoms. The van der Waals surface area contributed by atoms with Crippen molar-refractivity contribution in [1.82, 2.24) is 9.97 Å². The normalized spacial score (nSPS) is 10.4. The minimum absolute atomic E-state index is 0.547. The maximum absolute atomic E-state index is 6.07. The quantitative estimate of drug-likeness (QED) is 0.759. The van der Waals surface area contributed by atoms with Gasteiger partial charge in [0.2, 0.25) is 5.95 Å². The summed E-state index contributed by atoms with van der Waals surface area (Å²) in [6.45, 7) is 6.87. The molecule has 0 radical (unpaired) electrons. The molecule has 6 heteroatoms. The Hall–Kier alpha value is -1.07. The van der Waals surface area contributed by atoms with Gasteiger partial charge in [-0.15, -0.1) is 0 Å². The van der Waals surface area contributed by atoms with Crippen LogP contribution in [-0.4, -0.2) is 43.3 Å². The lowest BCUT2D eigenvalue weighted by molar-refractivity contribution is 0.154. The van der Waals surface area contributed by atoms with Crippen LogP contribution < -0.4 is 10.2 Å². The molecule has 1 heterocycles. The van der Waals surface area contributed by atoms with Gasteiger partial charge in [-0.1, -0.05) is 11.6 Å². The van der Waals surface area contributed by atoms with Crippen LogP contribution in [0.3, 0.4) is 0 Å². The number of hydrogen-bond donors (Lipinski definition) is 1. The smallest absolute Gasteiger partial charge is 0.224 e. The van der Waals surface area contributed by atoms with Gasteiger partial charge < -0.3 is 15.0 Å². The number of ether oxygens (including phenoxy) is 1. The Morgan fingerprint density at radius 2 is 2.24 bits per heavy atom. The number of halogens is 1. The Morgan fingerprint density at radius 3 is 2.88 bits per heavy atom. The van der Waals surface area contributed by atoms with Crippen molar-refractivity contribution in [2.45, 2.75) is 13.8 Å². The molecule has 5 nitrogen and oxygen atoms in total. The summed E-state index contributed by atoms with van der Waals surface area (Å²) >= 11 is 6.07. The van der Waals surface area contributed by atoms with E-state index >= 15 is 0 Å². The lowest BCUT2D eigenvalue weighted by Crippen LogP contribution is -2.24. The van der Waals surface area contributed by atoms with E-state index in [0.29, 0.717) is 24.2 Å². The van der Waals surface area contributed by atoms with E-state index in [1.54, 1.807) is 6.20 Å². The number of rotatable bonds is 7. The molecule has 0 saturated carbocycles. The van der Waals surface area contributed by atoms with E-state index in [9.17, 15) is 0 Å². The molecule has 1 rings (SSSR count). The number of nitrogens with zero attached hydrogens (tertiary/aromatic N) is 3. The zero-order chi connectivity index (χ0) is 12.7. The molecule has 17 heavy (non-hydrogen) atoms. The van der Waals surface area contributed by atoms with Crippen LogP contribution in [-0.2, 0) is 4.74 Å². The Kier molecular flexibility index (Phi) is 6.00. The van der Waals surface area contributed by atoms with Crippen LogP contribution in [0.2, 0.25) is 5.02 Å². The summed E-state index contributed by atoms with van der Waals surface area (Å²) in [4.78, 5) is 10.4. The third-order valence-corrected chi connectivity index (χ3v) is 2.46. The predicted octanol–water partition coefficient (Wildman–Crippen LogP) is 2.03. The number of aromatic nitrogens is 2. The number of hydrogen-bond acceptors (Lipinski definition) is 5. The molecule has 0 aliphatic carbocycles. The lowest BCUT2D eigenvalue weighted by atomic mass is 10.5. The second-order valence-electron chi connectivity index (χ2n) is 3.51. The molecule has 0 aliphatic rings. The molecule has 0 fully saturated rings. The number of anilines is 2. The zero-order valence-corrected chi connectivity index (χ0v) is 11.3.